The Hall–Kier alpha value is -2.51. The largest absolute Gasteiger partial charge is 0.286 e. The third kappa shape index (κ3) is 3.47. The molecule has 6 nitrogen and oxygen atoms in total. The molecule has 3 aromatic rings. The second-order valence-corrected chi connectivity index (χ2v) is 8.27. The normalized spacial score (nSPS) is 14.9. The van der Waals surface area contributed by atoms with Gasteiger partial charge in [0.25, 0.3) is 11.5 Å². The standard InChI is InChI=1S/C20H19ClN4O2S/c1-12(18(26)24-23-10-13-6-2-4-8-15(13)21)25-11-22-19-17(20(25)27)14-7-3-5-9-16(14)28-19/h2,4,6,8,10-12H,3,5,7,9H2,1H3,(H,24,26)/b23-10+/t12-/m1/s1. The van der Waals surface area contributed by atoms with Crippen LogP contribution >= 0.6 is 22.9 Å². The predicted molar refractivity (Wildman–Crippen MR) is 112 cm³/mol. The summed E-state index contributed by atoms with van der Waals surface area (Å²) in [6.07, 6.45) is 7.07. The lowest BCUT2D eigenvalue weighted by Gasteiger charge is -2.14. The summed E-state index contributed by atoms with van der Waals surface area (Å²) < 4.78 is 1.38. The molecule has 0 unspecified atom stereocenters. The van der Waals surface area contributed by atoms with Gasteiger partial charge in [-0.25, -0.2) is 10.4 Å². The molecule has 1 aromatic carbocycles. The van der Waals surface area contributed by atoms with Crippen LogP contribution in [0.3, 0.4) is 0 Å². The van der Waals surface area contributed by atoms with E-state index in [1.54, 1.807) is 30.4 Å². The van der Waals surface area contributed by atoms with Gasteiger partial charge in [-0.1, -0.05) is 29.8 Å². The number of amides is 1. The fourth-order valence-corrected chi connectivity index (χ4v) is 4.80. The minimum absolute atomic E-state index is 0.165. The highest BCUT2D eigenvalue weighted by Crippen LogP contribution is 2.33. The highest BCUT2D eigenvalue weighted by molar-refractivity contribution is 7.18. The Balaban J connectivity index is 1.57. The summed E-state index contributed by atoms with van der Waals surface area (Å²) in [5.74, 6) is -0.393. The maximum absolute atomic E-state index is 13.0. The number of halogens is 1. The van der Waals surface area contributed by atoms with Gasteiger partial charge in [0.15, 0.2) is 0 Å². The van der Waals surface area contributed by atoms with Crippen LogP contribution in [0.1, 0.15) is 41.8 Å². The van der Waals surface area contributed by atoms with Crippen LogP contribution in [0, 0.1) is 0 Å². The van der Waals surface area contributed by atoms with E-state index in [9.17, 15) is 9.59 Å². The van der Waals surface area contributed by atoms with Crippen LogP contribution in [0.4, 0.5) is 0 Å². The lowest BCUT2D eigenvalue weighted by molar-refractivity contribution is -0.123. The number of carbonyl (C=O) groups excluding carboxylic acids is 1. The third-order valence-corrected chi connectivity index (χ3v) is 6.52. The molecule has 1 atom stereocenters. The van der Waals surface area contributed by atoms with Crippen LogP contribution in [0.5, 0.6) is 0 Å². The summed E-state index contributed by atoms with van der Waals surface area (Å²) in [5.41, 5.74) is 4.12. The van der Waals surface area contributed by atoms with Crippen molar-refractivity contribution in [2.75, 3.05) is 0 Å². The summed E-state index contributed by atoms with van der Waals surface area (Å²) in [7, 11) is 0. The topological polar surface area (TPSA) is 76.3 Å². The Labute approximate surface area is 170 Å². The summed E-state index contributed by atoms with van der Waals surface area (Å²) in [6.45, 7) is 1.66. The molecule has 1 N–H and O–H groups in total. The monoisotopic (exact) mass is 414 g/mol. The molecule has 0 bridgehead atoms. The van der Waals surface area contributed by atoms with Crippen molar-refractivity contribution < 1.29 is 4.79 Å². The Morgan fingerprint density at radius 1 is 1.36 bits per heavy atom. The number of carbonyl (C=O) groups is 1. The molecule has 2 aromatic heterocycles. The first-order chi connectivity index (χ1) is 13.6. The number of benzene rings is 1. The second kappa shape index (κ2) is 7.85. The first-order valence-corrected chi connectivity index (χ1v) is 10.3. The van der Waals surface area contributed by atoms with Crippen LogP contribution in [-0.4, -0.2) is 21.7 Å². The zero-order chi connectivity index (χ0) is 19.7. The van der Waals surface area contributed by atoms with Crippen molar-refractivity contribution in [3.8, 4) is 0 Å². The molecule has 0 aliphatic heterocycles. The molecule has 0 saturated carbocycles. The molecule has 28 heavy (non-hydrogen) atoms. The molecule has 2 heterocycles. The minimum Gasteiger partial charge on any atom is -0.286 e. The molecule has 0 radical (unpaired) electrons. The van der Waals surface area contributed by atoms with Crippen LogP contribution in [0.2, 0.25) is 5.02 Å². The summed E-state index contributed by atoms with van der Waals surface area (Å²) in [5, 5.41) is 5.17. The summed E-state index contributed by atoms with van der Waals surface area (Å²) in [6, 6.07) is 6.46. The van der Waals surface area contributed by atoms with Gasteiger partial charge in [0.2, 0.25) is 0 Å². The molecule has 0 saturated heterocycles. The fraction of sp³-hybridized carbons (Fsp3) is 0.300. The SMILES string of the molecule is C[C@H](C(=O)N/N=C/c1ccccc1Cl)n1cnc2sc3c(c2c1=O)CCCC3. The van der Waals surface area contributed by atoms with Crippen molar-refractivity contribution >= 4 is 45.3 Å². The van der Waals surface area contributed by atoms with Crippen LogP contribution in [-0.2, 0) is 17.6 Å². The number of rotatable bonds is 4. The maximum atomic E-state index is 13.0. The van der Waals surface area contributed by atoms with Crippen LogP contribution < -0.4 is 11.0 Å². The smallest absolute Gasteiger partial charge is 0.263 e. The molecule has 1 aliphatic carbocycles. The highest BCUT2D eigenvalue weighted by Gasteiger charge is 2.23. The van der Waals surface area contributed by atoms with Crippen LogP contribution in [0.15, 0.2) is 40.5 Å². The third-order valence-electron chi connectivity index (χ3n) is 4.98. The number of aromatic nitrogens is 2. The van der Waals surface area contributed by atoms with E-state index < -0.39 is 11.9 Å². The van der Waals surface area contributed by atoms with Crippen molar-refractivity contribution in [2.24, 2.45) is 5.10 Å². The Morgan fingerprint density at radius 2 is 2.14 bits per heavy atom. The Bertz CT molecular complexity index is 1130. The van der Waals surface area contributed by atoms with Crippen molar-refractivity contribution in [1.82, 2.24) is 15.0 Å². The van der Waals surface area contributed by atoms with E-state index in [0.29, 0.717) is 16.0 Å². The second-order valence-electron chi connectivity index (χ2n) is 6.78. The Morgan fingerprint density at radius 3 is 2.96 bits per heavy atom. The molecule has 0 fully saturated rings. The molecule has 1 aliphatic rings. The molecule has 144 valence electrons. The van der Waals surface area contributed by atoms with E-state index in [4.69, 9.17) is 11.6 Å². The summed E-state index contributed by atoms with van der Waals surface area (Å²) in [4.78, 5) is 32.0. The number of hydrazone groups is 1. The van der Waals surface area contributed by atoms with E-state index in [1.807, 2.05) is 12.1 Å². The van der Waals surface area contributed by atoms with Crippen molar-refractivity contribution in [3.05, 3.63) is 62.0 Å². The van der Waals surface area contributed by atoms with Gasteiger partial charge in [-0.05, 0) is 44.2 Å². The van der Waals surface area contributed by atoms with Gasteiger partial charge in [-0.15, -0.1) is 11.3 Å². The van der Waals surface area contributed by atoms with Gasteiger partial charge in [0.05, 0.1) is 17.9 Å². The highest BCUT2D eigenvalue weighted by atomic mass is 35.5. The van der Waals surface area contributed by atoms with Gasteiger partial charge in [-0.3, -0.25) is 14.2 Å². The van der Waals surface area contributed by atoms with Crippen molar-refractivity contribution in [2.45, 2.75) is 38.6 Å². The molecular weight excluding hydrogens is 396 g/mol. The average Bonchev–Trinajstić information content (AvgIpc) is 3.08. The number of thiophene rings is 1. The fourth-order valence-electron chi connectivity index (χ4n) is 3.40. The number of hydrogen-bond donors (Lipinski definition) is 1. The molecular formula is C20H19ClN4O2S. The number of fused-ring (bicyclic) bond motifs is 3. The molecule has 1 amide bonds. The van der Waals surface area contributed by atoms with Crippen LogP contribution in [0.25, 0.3) is 10.2 Å². The van der Waals surface area contributed by atoms with Gasteiger partial charge in [-0.2, -0.15) is 5.10 Å². The van der Waals surface area contributed by atoms with Gasteiger partial charge in [0.1, 0.15) is 10.9 Å². The van der Waals surface area contributed by atoms with Gasteiger partial charge >= 0.3 is 0 Å². The summed E-state index contributed by atoms with van der Waals surface area (Å²) >= 11 is 7.66. The molecule has 8 heteroatoms. The average molecular weight is 415 g/mol. The van der Waals surface area contributed by atoms with E-state index in [0.717, 1.165) is 36.1 Å². The first-order valence-electron chi connectivity index (χ1n) is 9.15. The van der Waals surface area contributed by atoms with Crippen molar-refractivity contribution in [3.63, 3.8) is 0 Å². The predicted octanol–water partition coefficient (Wildman–Crippen LogP) is 3.70. The van der Waals surface area contributed by atoms with Gasteiger partial charge < -0.3 is 0 Å². The maximum Gasteiger partial charge on any atom is 0.263 e. The number of nitrogens with one attached hydrogen (secondary N) is 1. The van der Waals surface area contributed by atoms with E-state index in [2.05, 4.69) is 15.5 Å². The quantitative estimate of drug-likeness (QED) is 0.522. The lowest BCUT2D eigenvalue weighted by atomic mass is 9.97. The van der Waals surface area contributed by atoms with E-state index >= 15 is 0 Å². The van der Waals surface area contributed by atoms with Crippen molar-refractivity contribution in [1.29, 1.82) is 0 Å². The molecule has 0 spiro atoms. The molecule has 4 rings (SSSR count). The first kappa shape index (κ1) is 18.8. The van der Waals surface area contributed by atoms with Gasteiger partial charge in [0, 0.05) is 15.5 Å². The number of hydrogen-bond acceptors (Lipinski definition) is 5. The number of nitrogens with zero attached hydrogens (tertiary/aromatic N) is 3. The zero-order valence-corrected chi connectivity index (χ0v) is 16.9. The van der Waals surface area contributed by atoms with E-state index in [1.165, 1.54) is 22.0 Å². The Kier molecular flexibility index (Phi) is 5.28. The lowest BCUT2D eigenvalue weighted by Crippen LogP contribution is -2.34. The minimum atomic E-state index is -0.730. The van der Waals surface area contributed by atoms with E-state index in [-0.39, 0.29) is 5.56 Å². The zero-order valence-electron chi connectivity index (χ0n) is 15.3. The number of aryl methyl sites for hydroxylation is 2.